The Hall–Kier alpha value is -1.72. The van der Waals surface area contributed by atoms with Crippen molar-refractivity contribution in [3.63, 3.8) is 0 Å². The second-order valence-corrected chi connectivity index (χ2v) is 9.46. The number of fused-ring (bicyclic) bond motifs is 4. The van der Waals surface area contributed by atoms with Crippen LogP contribution in [0.25, 0.3) is 0 Å². The van der Waals surface area contributed by atoms with Gasteiger partial charge in [0.05, 0.1) is 5.54 Å². The fourth-order valence-corrected chi connectivity index (χ4v) is 6.01. The number of ketones is 1. The fourth-order valence-electron chi connectivity index (χ4n) is 6.01. The first kappa shape index (κ1) is 17.4. The lowest BCUT2D eigenvalue weighted by molar-refractivity contribution is -0.142. The van der Waals surface area contributed by atoms with Crippen LogP contribution in [0.3, 0.4) is 0 Å². The number of allylic oxidation sites excluding steroid dienone is 2. The molecule has 5 rings (SSSR count). The van der Waals surface area contributed by atoms with Crippen molar-refractivity contribution in [3.8, 4) is 0 Å². The van der Waals surface area contributed by atoms with Crippen molar-refractivity contribution in [1.29, 1.82) is 0 Å². The molecular formula is C22H27NO4. The summed E-state index contributed by atoms with van der Waals surface area (Å²) in [5.74, 6) is -0.127. The number of hydrogen-bond acceptors (Lipinski definition) is 5. The van der Waals surface area contributed by atoms with Gasteiger partial charge in [0.1, 0.15) is 6.61 Å². The summed E-state index contributed by atoms with van der Waals surface area (Å²) in [6.07, 6.45) is 8.66. The fraction of sp³-hybridized carbons (Fsp3) is 0.636. The highest BCUT2D eigenvalue weighted by Crippen LogP contribution is 2.62. The van der Waals surface area contributed by atoms with Gasteiger partial charge in [-0.1, -0.05) is 26.0 Å². The first-order chi connectivity index (χ1) is 12.7. The zero-order chi connectivity index (χ0) is 19.2. The molecule has 4 atom stereocenters. The van der Waals surface area contributed by atoms with Crippen molar-refractivity contribution in [1.82, 2.24) is 0 Å². The Balaban J connectivity index is 1.65. The Morgan fingerprint density at radius 3 is 2.74 bits per heavy atom. The van der Waals surface area contributed by atoms with Gasteiger partial charge >= 0.3 is 5.97 Å². The molecule has 4 aliphatic carbocycles. The third-order valence-electron chi connectivity index (χ3n) is 8.00. The largest absolute Gasteiger partial charge is 0.458 e. The van der Waals surface area contributed by atoms with Crippen LogP contribution in [0.5, 0.6) is 0 Å². The summed E-state index contributed by atoms with van der Waals surface area (Å²) in [6.45, 7) is 4.19. The van der Waals surface area contributed by atoms with Crippen molar-refractivity contribution in [2.75, 3.05) is 6.61 Å². The van der Waals surface area contributed by atoms with E-state index >= 15 is 0 Å². The van der Waals surface area contributed by atoms with E-state index in [9.17, 15) is 14.7 Å². The first-order valence-corrected chi connectivity index (χ1v) is 10.1. The van der Waals surface area contributed by atoms with Crippen LogP contribution in [-0.2, 0) is 14.3 Å². The first-order valence-electron chi connectivity index (χ1n) is 10.1. The summed E-state index contributed by atoms with van der Waals surface area (Å²) >= 11 is 0. The molecule has 0 amide bonds. The van der Waals surface area contributed by atoms with Gasteiger partial charge in [-0.2, -0.15) is 0 Å². The smallest absolute Gasteiger partial charge is 0.334 e. The quantitative estimate of drug-likeness (QED) is 0.729. The lowest BCUT2D eigenvalue weighted by atomic mass is 9.45. The minimum Gasteiger partial charge on any atom is -0.458 e. The predicted octanol–water partition coefficient (Wildman–Crippen LogP) is 2.34. The maximum Gasteiger partial charge on any atom is 0.334 e. The minimum absolute atomic E-state index is 0.138. The molecule has 0 saturated heterocycles. The highest BCUT2D eigenvalue weighted by Gasteiger charge is 2.66. The topological polar surface area (TPSA) is 89.6 Å². The Morgan fingerprint density at radius 2 is 2.04 bits per heavy atom. The third-order valence-corrected chi connectivity index (χ3v) is 8.00. The minimum atomic E-state index is -1.49. The Labute approximate surface area is 159 Å². The van der Waals surface area contributed by atoms with E-state index in [-0.39, 0.29) is 24.3 Å². The molecule has 0 aromatic heterocycles. The van der Waals surface area contributed by atoms with Gasteiger partial charge in [0, 0.05) is 11.0 Å². The average Bonchev–Trinajstić information content (AvgIpc) is 3.35. The van der Waals surface area contributed by atoms with Crippen molar-refractivity contribution >= 4 is 11.8 Å². The second kappa shape index (κ2) is 5.21. The summed E-state index contributed by atoms with van der Waals surface area (Å²) in [7, 11) is 0. The molecule has 0 aromatic rings. The third kappa shape index (κ3) is 2.02. The van der Waals surface area contributed by atoms with Crippen LogP contribution in [0.1, 0.15) is 52.4 Å². The predicted molar refractivity (Wildman–Crippen MR) is 99.5 cm³/mol. The number of rotatable bonds is 2. The number of hydrogen-bond donors (Lipinski definition) is 2. The van der Waals surface area contributed by atoms with Crippen LogP contribution in [0.4, 0.5) is 0 Å². The number of esters is 1. The summed E-state index contributed by atoms with van der Waals surface area (Å²) in [4.78, 5) is 25.5. The maximum atomic E-state index is 13.4. The summed E-state index contributed by atoms with van der Waals surface area (Å²) < 4.78 is 5.29. The number of cyclic esters (lactones) is 1. The van der Waals surface area contributed by atoms with E-state index in [1.54, 1.807) is 0 Å². The SMILES string of the molecule is C[C@H]1C[C@@]2(N)C3=C(CC[C@]2(C)C2=CC=C(CC4CC4)C(=O)[C@@]21O)C(=O)OC3. The van der Waals surface area contributed by atoms with Gasteiger partial charge in [0.25, 0.3) is 0 Å². The van der Waals surface area contributed by atoms with Crippen LogP contribution in [0.15, 0.2) is 34.4 Å². The molecule has 5 nitrogen and oxygen atoms in total. The van der Waals surface area contributed by atoms with Crippen LogP contribution >= 0.6 is 0 Å². The molecule has 0 radical (unpaired) electrons. The summed E-state index contributed by atoms with van der Waals surface area (Å²) in [5.41, 5.74) is 7.23. The van der Waals surface area contributed by atoms with Gasteiger partial charge in [-0.05, 0) is 67.1 Å². The molecule has 27 heavy (non-hydrogen) atoms. The molecule has 0 unspecified atom stereocenters. The molecule has 0 aromatic carbocycles. The Kier molecular flexibility index (Phi) is 3.35. The van der Waals surface area contributed by atoms with Gasteiger partial charge in [-0.3, -0.25) is 4.79 Å². The lowest BCUT2D eigenvalue weighted by Crippen LogP contribution is -2.70. The zero-order valence-electron chi connectivity index (χ0n) is 16.0. The second-order valence-electron chi connectivity index (χ2n) is 9.46. The van der Waals surface area contributed by atoms with Crippen molar-refractivity contribution in [3.05, 3.63) is 34.4 Å². The lowest BCUT2D eigenvalue weighted by Gasteiger charge is -2.61. The van der Waals surface area contributed by atoms with E-state index in [0.717, 1.165) is 23.1 Å². The number of nitrogens with two attached hydrogens (primary N) is 1. The average molecular weight is 369 g/mol. The molecule has 2 saturated carbocycles. The van der Waals surface area contributed by atoms with Crippen LogP contribution < -0.4 is 5.73 Å². The van der Waals surface area contributed by atoms with Crippen LogP contribution in [0.2, 0.25) is 0 Å². The van der Waals surface area contributed by atoms with E-state index in [1.165, 1.54) is 12.8 Å². The number of carbonyl (C=O) groups excluding carboxylic acids is 2. The Bertz CT molecular complexity index is 864. The summed E-state index contributed by atoms with van der Waals surface area (Å²) in [5, 5.41) is 11.7. The van der Waals surface area contributed by atoms with E-state index < -0.39 is 16.6 Å². The normalized spacial score (nSPS) is 43.5. The molecule has 5 heteroatoms. The highest BCUT2D eigenvalue weighted by atomic mass is 16.5. The van der Waals surface area contributed by atoms with Gasteiger partial charge in [-0.15, -0.1) is 0 Å². The number of carbonyl (C=O) groups is 2. The number of ether oxygens (including phenoxy) is 1. The molecule has 5 aliphatic rings. The van der Waals surface area contributed by atoms with Gasteiger partial charge in [0.15, 0.2) is 11.4 Å². The van der Waals surface area contributed by atoms with Crippen molar-refractivity contribution in [2.45, 2.75) is 63.5 Å². The van der Waals surface area contributed by atoms with Gasteiger partial charge in [0.2, 0.25) is 0 Å². The molecule has 0 bridgehead atoms. The molecule has 144 valence electrons. The van der Waals surface area contributed by atoms with Crippen LogP contribution in [-0.4, -0.2) is 34.6 Å². The van der Waals surface area contributed by atoms with Crippen molar-refractivity contribution in [2.24, 2.45) is 23.0 Å². The molecule has 1 aliphatic heterocycles. The molecular weight excluding hydrogens is 342 g/mol. The molecule has 0 spiro atoms. The highest BCUT2D eigenvalue weighted by molar-refractivity contribution is 6.06. The molecule has 3 N–H and O–H groups in total. The monoisotopic (exact) mass is 369 g/mol. The zero-order valence-corrected chi connectivity index (χ0v) is 16.0. The van der Waals surface area contributed by atoms with E-state index in [0.29, 0.717) is 30.8 Å². The maximum absolute atomic E-state index is 13.4. The molecule has 2 fully saturated rings. The van der Waals surface area contributed by atoms with Crippen LogP contribution in [0, 0.1) is 17.3 Å². The van der Waals surface area contributed by atoms with E-state index in [2.05, 4.69) is 6.92 Å². The number of Topliss-reactive ketones (excluding diaryl/α,β-unsaturated/α-hetero) is 1. The Morgan fingerprint density at radius 1 is 1.30 bits per heavy atom. The van der Waals surface area contributed by atoms with E-state index in [4.69, 9.17) is 10.5 Å². The number of aliphatic hydroxyl groups is 1. The van der Waals surface area contributed by atoms with Gasteiger partial charge < -0.3 is 15.6 Å². The standard InChI is InChI=1S/C22H27NO4/c1-12-10-21(23)16-11-27-19(25)15(16)7-8-20(21,2)17-6-5-14(9-13-3-4-13)18(24)22(12,17)26/h5-6,12-13,26H,3-4,7-11,23H2,1-2H3/t12-,20+,21+,22-/m0/s1. The van der Waals surface area contributed by atoms with E-state index in [1.807, 2.05) is 19.1 Å². The molecule has 1 heterocycles. The van der Waals surface area contributed by atoms with Crippen molar-refractivity contribution < 1.29 is 19.4 Å². The summed E-state index contributed by atoms with van der Waals surface area (Å²) in [6, 6.07) is 0. The van der Waals surface area contributed by atoms with Gasteiger partial charge in [-0.25, -0.2) is 4.79 Å².